The summed E-state index contributed by atoms with van der Waals surface area (Å²) in [6.07, 6.45) is -1.05. The third-order valence-electron chi connectivity index (χ3n) is 2.56. The summed E-state index contributed by atoms with van der Waals surface area (Å²) in [7, 11) is 1.75. The number of benzene rings is 1. The monoisotopic (exact) mass is 205 g/mol. The van der Waals surface area contributed by atoms with Crippen LogP contribution in [0.4, 0.5) is 4.39 Å². The van der Waals surface area contributed by atoms with Gasteiger partial charge in [-0.3, -0.25) is 4.90 Å². The Balaban J connectivity index is 2.69. The molecule has 0 saturated heterocycles. The van der Waals surface area contributed by atoms with Crippen LogP contribution in [0.5, 0.6) is 0 Å². The van der Waals surface area contributed by atoms with Gasteiger partial charge < -0.3 is 0 Å². The Labute approximate surface area is 89.9 Å². The van der Waals surface area contributed by atoms with Crippen LogP contribution in [0.25, 0.3) is 0 Å². The van der Waals surface area contributed by atoms with E-state index in [9.17, 15) is 4.39 Å². The van der Waals surface area contributed by atoms with Gasteiger partial charge in [0.25, 0.3) is 0 Å². The van der Waals surface area contributed by atoms with Crippen molar-refractivity contribution in [2.75, 3.05) is 13.6 Å². The number of halogens is 1. The average molecular weight is 205 g/mol. The van der Waals surface area contributed by atoms with Gasteiger partial charge in [-0.2, -0.15) is 5.26 Å². The smallest absolute Gasteiger partial charge is 0.140 e. The Hall–Kier alpha value is -1.40. The van der Waals surface area contributed by atoms with Gasteiger partial charge in [0.2, 0.25) is 0 Å². The highest BCUT2D eigenvalue weighted by Gasteiger charge is 2.21. The maximum absolute atomic E-state index is 14.0. The van der Waals surface area contributed by atoms with Crippen LogP contribution >= 0.6 is 0 Å². The fourth-order valence-electron chi connectivity index (χ4n) is 1.39. The zero-order valence-corrected chi connectivity index (χ0v) is 9.02. The predicted octanol–water partition coefficient (Wildman–Crippen LogP) is 2.54. The maximum atomic E-state index is 14.0. The Kier molecular flexibility index (Phi) is 4.26. The highest BCUT2D eigenvalue weighted by molar-refractivity contribution is 5.18. The second-order valence-electron chi connectivity index (χ2n) is 3.63. The maximum Gasteiger partial charge on any atom is 0.140 e. The SMILES string of the molecule is C[C@H]([C@@H]([18F])c1ccccc1)N(C)CC#N. The topological polar surface area (TPSA) is 27.0 Å². The molecule has 1 aromatic rings. The van der Waals surface area contributed by atoms with Crippen molar-refractivity contribution in [2.24, 2.45) is 0 Å². The second kappa shape index (κ2) is 5.47. The van der Waals surface area contributed by atoms with Crippen LogP contribution in [0.15, 0.2) is 30.3 Å². The second-order valence-corrected chi connectivity index (χ2v) is 3.63. The zero-order valence-electron chi connectivity index (χ0n) is 9.02. The third-order valence-corrected chi connectivity index (χ3v) is 2.56. The quantitative estimate of drug-likeness (QED) is 0.706. The number of rotatable bonds is 4. The largest absolute Gasteiger partial charge is 0.288 e. The highest BCUT2D eigenvalue weighted by Crippen LogP contribution is 2.23. The van der Waals surface area contributed by atoms with Gasteiger partial charge in [-0.05, 0) is 19.5 Å². The summed E-state index contributed by atoms with van der Waals surface area (Å²) in [6, 6.07) is 10.8. The predicted molar refractivity (Wildman–Crippen MR) is 58.0 cm³/mol. The molecule has 0 unspecified atom stereocenters. The molecule has 1 aromatic carbocycles. The minimum Gasteiger partial charge on any atom is -0.288 e. The molecule has 0 aromatic heterocycles. The first-order valence-corrected chi connectivity index (χ1v) is 4.93. The lowest BCUT2D eigenvalue weighted by Gasteiger charge is -2.25. The molecule has 0 amide bonds. The van der Waals surface area contributed by atoms with Crippen molar-refractivity contribution in [3.05, 3.63) is 35.9 Å². The number of likely N-dealkylation sites (N-methyl/N-ethyl adjacent to an activating group) is 1. The molecule has 0 fully saturated rings. The van der Waals surface area contributed by atoms with E-state index < -0.39 is 6.17 Å². The molecule has 0 aliphatic carbocycles. The normalized spacial score (nSPS) is 14.6. The average Bonchev–Trinajstić information content (AvgIpc) is 2.28. The van der Waals surface area contributed by atoms with Crippen molar-refractivity contribution >= 4 is 0 Å². The molecule has 1 rings (SSSR count). The first-order chi connectivity index (χ1) is 7.16. The minimum atomic E-state index is -1.05. The molecular weight excluding hydrogens is 190 g/mol. The summed E-state index contributed by atoms with van der Waals surface area (Å²) in [5.74, 6) is 0. The van der Waals surface area contributed by atoms with Crippen LogP contribution in [0.3, 0.4) is 0 Å². The van der Waals surface area contributed by atoms with Crippen molar-refractivity contribution in [3.63, 3.8) is 0 Å². The molecule has 0 bridgehead atoms. The number of hydrogen-bond acceptors (Lipinski definition) is 2. The van der Waals surface area contributed by atoms with Crippen molar-refractivity contribution in [1.29, 1.82) is 5.26 Å². The summed E-state index contributed by atoms with van der Waals surface area (Å²) in [6.45, 7) is 2.03. The summed E-state index contributed by atoms with van der Waals surface area (Å²) in [5.41, 5.74) is 0.662. The number of alkyl halides is 1. The minimum absolute atomic E-state index is 0.244. The van der Waals surface area contributed by atoms with Crippen LogP contribution in [-0.4, -0.2) is 24.5 Å². The van der Waals surface area contributed by atoms with Crippen LogP contribution in [-0.2, 0) is 0 Å². The fraction of sp³-hybridized carbons (Fsp3) is 0.417. The van der Waals surface area contributed by atoms with E-state index in [0.717, 1.165) is 0 Å². The van der Waals surface area contributed by atoms with E-state index in [1.54, 1.807) is 31.0 Å². The van der Waals surface area contributed by atoms with E-state index in [-0.39, 0.29) is 12.6 Å². The van der Waals surface area contributed by atoms with E-state index in [0.29, 0.717) is 5.56 Å². The molecule has 3 heteroatoms. The molecule has 0 heterocycles. The fourth-order valence-corrected chi connectivity index (χ4v) is 1.39. The lowest BCUT2D eigenvalue weighted by molar-refractivity contribution is 0.162. The van der Waals surface area contributed by atoms with Crippen molar-refractivity contribution in [1.82, 2.24) is 4.90 Å². The van der Waals surface area contributed by atoms with Crippen LogP contribution in [0, 0.1) is 11.3 Å². The van der Waals surface area contributed by atoms with Crippen LogP contribution in [0.2, 0.25) is 0 Å². The lowest BCUT2D eigenvalue weighted by atomic mass is 10.0. The van der Waals surface area contributed by atoms with Crippen molar-refractivity contribution in [3.8, 4) is 6.07 Å². The third kappa shape index (κ3) is 3.03. The first-order valence-electron chi connectivity index (χ1n) is 4.93. The van der Waals surface area contributed by atoms with E-state index in [1.165, 1.54) is 0 Å². The van der Waals surface area contributed by atoms with Crippen molar-refractivity contribution < 1.29 is 4.39 Å². The van der Waals surface area contributed by atoms with Gasteiger partial charge in [0.05, 0.1) is 12.6 Å². The molecule has 15 heavy (non-hydrogen) atoms. The van der Waals surface area contributed by atoms with Gasteiger partial charge in [0.15, 0.2) is 0 Å². The van der Waals surface area contributed by atoms with E-state index in [4.69, 9.17) is 5.26 Å². The number of nitrogens with zero attached hydrogens (tertiary/aromatic N) is 2. The zero-order chi connectivity index (χ0) is 11.3. The number of nitriles is 1. The van der Waals surface area contributed by atoms with E-state index in [2.05, 4.69) is 0 Å². The lowest BCUT2D eigenvalue weighted by Crippen LogP contribution is -2.33. The standard InChI is InChI=1S/C12H15FN2/c1-10(15(2)9-8-14)12(13)11-6-4-3-5-7-11/h3-7,10,12H,9H2,1-2H3/t10-,12-/m1/s1/i13-1. The van der Waals surface area contributed by atoms with Gasteiger partial charge in [0, 0.05) is 6.04 Å². The van der Waals surface area contributed by atoms with Gasteiger partial charge in [-0.15, -0.1) is 0 Å². The van der Waals surface area contributed by atoms with Gasteiger partial charge in [-0.25, -0.2) is 4.39 Å². The summed E-state index contributed by atoms with van der Waals surface area (Å²) >= 11 is 0. The Morgan fingerprint density at radius 1 is 1.40 bits per heavy atom. The molecule has 80 valence electrons. The van der Waals surface area contributed by atoms with Gasteiger partial charge in [0.1, 0.15) is 6.17 Å². The first kappa shape index (κ1) is 11.7. The van der Waals surface area contributed by atoms with Crippen LogP contribution < -0.4 is 0 Å². The Morgan fingerprint density at radius 2 is 2.00 bits per heavy atom. The molecule has 0 saturated carbocycles. The molecule has 0 spiro atoms. The molecule has 2 nitrogen and oxygen atoms in total. The molecule has 0 N–H and O–H groups in total. The van der Waals surface area contributed by atoms with E-state index >= 15 is 0 Å². The van der Waals surface area contributed by atoms with Crippen molar-refractivity contribution in [2.45, 2.75) is 19.1 Å². The molecule has 0 aliphatic rings. The van der Waals surface area contributed by atoms with Gasteiger partial charge in [-0.1, -0.05) is 30.3 Å². The van der Waals surface area contributed by atoms with Gasteiger partial charge >= 0.3 is 0 Å². The molecule has 0 radical (unpaired) electrons. The molecular formula is C12H15FN2. The summed E-state index contributed by atoms with van der Waals surface area (Å²) < 4.78 is 14.0. The Bertz CT molecular complexity index is 331. The Morgan fingerprint density at radius 3 is 2.53 bits per heavy atom. The summed E-state index contributed by atoms with van der Waals surface area (Å²) in [5, 5.41) is 8.52. The number of hydrogen-bond donors (Lipinski definition) is 0. The highest BCUT2D eigenvalue weighted by atomic mass is 18.2. The summed E-state index contributed by atoms with van der Waals surface area (Å²) in [4.78, 5) is 1.71. The molecule has 2 atom stereocenters. The molecule has 0 aliphatic heterocycles. The van der Waals surface area contributed by atoms with Crippen LogP contribution in [0.1, 0.15) is 18.7 Å². The van der Waals surface area contributed by atoms with E-state index in [1.807, 2.05) is 24.3 Å².